The molecular formula is C26H32N2O5. The van der Waals surface area contributed by atoms with Crippen LogP contribution < -0.4 is 10.1 Å². The predicted molar refractivity (Wildman–Crippen MR) is 126 cm³/mol. The quantitative estimate of drug-likeness (QED) is 0.650. The lowest BCUT2D eigenvalue weighted by Gasteiger charge is -2.34. The first-order valence-electron chi connectivity index (χ1n) is 11.2. The van der Waals surface area contributed by atoms with E-state index in [1.165, 1.54) is 0 Å². The summed E-state index contributed by atoms with van der Waals surface area (Å²) in [5.74, 6) is 0.382. The number of carbonyl (C=O) groups is 3. The van der Waals surface area contributed by atoms with E-state index in [-0.39, 0.29) is 18.4 Å². The molecule has 0 unspecified atom stereocenters. The van der Waals surface area contributed by atoms with Gasteiger partial charge in [-0.05, 0) is 56.2 Å². The lowest BCUT2D eigenvalue weighted by Crippen LogP contribution is -2.45. The Morgan fingerprint density at radius 1 is 0.939 bits per heavy atom. The highest BCUT2D eigenvalue weighted by Gasteiger charge is 2.33. The fourth-order valence-electron chi connectivity index (χ4n) is 3.59. The van der Waals surface area contributed by atoms with E-state index in [2.05, 4.69) is 5.32 Å². The van der Waals surface area contributed by atoms with Gasteiger partial charge in [-0.1, -0.05) is 38.5 Å². The number of esters is 1. The Labute approximate surface area is 195 Å². The van der Waals surface area contributed by atoms with Crippen molar-refractivity contribution in [3.05, 3.63) is 54.1 Å². The van der Waals surface area contributed by atoms with Crippen LogP contribution in [-0.2, 0) is 19.1 Å². The molecule has 2 aromatic rings. The SMILES string of the molecule is Cc1ccc(Oc2ccc(NC(=O)COC(=O)C3CCN(C(=O)C(C)(C)C)CC3)cc2)cc1. The molecule has 0 radical (unpaired) electrons. The van der Waals surface area contributed by atoms with Crippen LogP contribution >= 0.6 is 0 Å². The van der Waals surface area contributed by atoms with Crippen LogP contribution in [0.1, 0.15) is 39.2 Å². The number of hydrogen-bond donors (Lipinski definition) is 1. The first-order valence-corrected chi connectivity index (χ1v) is 11.2. The van der Waals surface area contributed by atoms with Gasteiger partial charge in [0.15, 0.2) is 6.61 Å². The van der Waals surface area contributed by atoms with Crippen molar-refractivity contribution in [1.29, 1.82) is 0 Å². The molecule has 7 nitrogen and oxygen atoms in total. The van der Waals surface area contributed by atoms with Gasteiger partial charge in [0.05, 0.1) is 5.92 Å². The molecule has 1 fully saturated rings. The average molecular weight is 453 g/mol. The highest BCUT2D eigenvalue weighted by atomic mass is 16.5. The summed E-state index contributed by atoms with van der Waals surface area (Å²) >= 11 is 0. The molecule has 1 heterocycles. The number of anilines is 1. The van der Waals surface area contributed by atoms with Crippen LogP contribution in [0, 0.1) is 18.3 Å². The molecule has 1 aliphatic rings. The van der Waals surface area contributed by atoms with Gasteiger partial charge >= 0.3 is 5.97 Å². The maximum atomic E-state index is 12.4. The first-order chi connectivity index (χ1) is 15.6. The zero-order valence-corrected chi connectivity index (χ0v) is 19.7. The highest BCUT2D eigenvalue weighted by Crippen LogP contribution is 2.25. The third-order valence-electron chi connectivity index (χ3n) is 5.50. The average Bonchev–Trinajstić information content (AvgIpc) is 2.79. The van der Waals surface area contributed by atoms with E-state index >= 15 is 0 Å². The van der Waals surface area contributed by atoms with E-state index in [0.717, 1.165) is 11.3 Å². The number of amides is 2. The Bertz CT molecular complexity index is 969. The van der Waals surface area contributed by atoms with Crippen molar-refractivity contribution in [1.82, 2.24) is 4.90 Å². The minimum atomic E-state index is -0.434. The Kier molecular flexibility index (Phi) is 7.74. The molecule has 0 atom stereocenters. The Morgan fingerprint density at radius 3 is 2.03 bits per heavy atom. The number of piperidine rings is 1. The number of nitrogens with one attached hydrogen (secondary N) is 1. The normalized spacial score (nSPS) is 14.5. The summed E-state index contributed by atoms with van der Waals surface area (Å²) in [4.78, 5) is 38.7. The Morgan fingerprint density at radius 2 is 1.48 bits per heavy atom. The molecule has 1 aliphatic heterocycles. The fraction of sp³-hybridized carbons (Fsp3) is 0.423. The third kappa shape index (κ3) is 7.07. The number of aryl methyl sites for hydroxylation is 1. The van der Waals surface area contributed by atoms with E-state index < -0.39 is 17.3 Å². The number of carbonyl (C=O) groups excluding carboxylic acids is 3. The van der Waals surface area contributed by atoms with Crippen molar-refractivity contribution in [2.45, 2.75) is 40.5 Å². The highest BCUT2D eigenvalue weighted by molar-refractivity contribution is 5.93. The van der Waals surface area contributed by atoms with Crippen LogP contribution in [0.25, 0.3) is 0 Å². The number of benzene rings is 2. The molecule has 1 saturated heterocycles. The van der Waals surface area contributed by atoms with Gasteiger partial charge in [-0.15, -0.1) is 0 Å². The Balaban J connectivity index is 1.40. The maximum absolute atomic E-state index is 12.4. The zero-order chi connectivity index (χ0) is 24.0. The summed E-state index contributed by atoms with van der Waals surface area (Å²) in [7, 11) is 0. The molecule has 176 valence electrons. The number of ether oxygens (including phenoxy) is 2. The number of rotatable bonds is 6. The van der Waals surface area contributed by atoms with E-state index in [1.54, 1.807) is 29.2 Å². The monoisotopic (exact) mass is 452 g/mol. The van der Waals surface area contributed by atoms with Gasteiger partial charge in [0.2, 0.25) is 5.91 Å². The smallest absolute Gasteiger partial charge is 0.309 e. The minimum Gasteiger partial charge on any atom is -0.457 e. The molecule has 2 amide bonds. The predicted octanol–water partition coefficient (Wildman–Crippen LogP) is 4.55. The van der Waals surface area contributed by atoms with E-state index in [0.29, 0.717) is 37.4 Å². The summed E-state index contributed by atoms with van der Waals surface area (Å²) in [6.45, 7) is 8.38. The molecule has 0 saturated carbocycles. The molecule has 33 heavy (non-hydrogen) atoms. The second-order valence-corrected chi connectivity index (χ2v) is 9.41. The summed E-state index contributed by atoms with van der Waals surface area (Å²) in [6, 6.07) is 14.7. The van der Waals surface area contributed by atoms with Crippen LogP contribution in [0.15, 0.2) is 48.5 Å². The minimum absolute atomic E-state index is 0.0870. The van der Waals surface area contributed by atoms with Crippen LogP contribution in [0.5, 0.6) is 11.5 Å². The topological polar surface area (TPSA) is 84.9 Å². The van der Waals surface area contributed by atoms with Gasteiger partial charge in [-0.3, -0.25) is 14.4 Å². The van der Waals surface area contributed by atoms with Gasteiger partial charge in [0, 0.05) is 24.2 Å². The fourth-order valence-corrected chi connectivity index (χ4v) is 3.59. The van der Waals surface area contributed by atoms with Gasteiger partial charge in [0.25, 0.3) is 5.91 Å². The standard InChI is InChI=1S/C26H32N2O5/c1-18-5-9-21(10-6-18)33-22-11-7-20(8-12-22)27-23(29)17-32-24(30)19-13-15-28(16-14-19)25(31)26(2,3)4/h5-12,19H,13-17H2,1-4H3,(H,27,29). The maximum Gasteiger partial charge on any atom is 0.309 e. The molecule has 0 bridgehead atoms. The summed E-state index contributed by atoms with van der Waals surface area (Å²) in [6.07, 6.45) is 1.09. The molecule has 3 rings (SSSR count). The van der Waals surface area contributed by atoms with Gasteiger partial charge in [-0.25, -0.2) is 0 Å². The summed E-state index contributed by atoms with van der Waals surface area (Å²) < 4.78 is 11.0. The van der Waals surface area contributed by atoms with Crippen LogP contribution in [-0.4, -0.2) is 42.4 Å². The molecule has 0 aromatic heterocycles. The van der Waals surface area contributed by atoms with Crippen LogP contribution in [0.3, 0.4) is 0 Å². The van der Waals surface area contributed by atoms with Crippen molar-refractivity contribution < 1.29 is 23.9 Å². The molecule has 2 aromatic carbocycles. The van der Waals surface area contributed by atoms with Gasteiger partial charge < -0.3 is 19.7 Å². The lowest BCUT2D eigenvalue weighted by molar-refractivity contribution is -0.155. The number of nitrogens with zero attached hydrogens (tertiary/aromatic N) is 1. The van der Waals surface area contributed by atoms with Crippen molar-refractivity contribution >= 4 is 23.5 Å². The molecule has 0 spiro atoms. The second-order valence-electron chi connectivity index (χ2n) is 9.41. The molecule has 1 N–H and O–H groups in total. The largest absolute Gasteiger partial charge is 0.457 e. The van der Waals surface area contributed by atoms with Crippen molar-refractivity contribution in [3.8, 4) is 11.5 Å². The molecule has 7 heteroatoms. The Hall–Kier alpha value is -3.35. The zero-order valence-electron chi connectivity index (χ0n) is 19.7. The summed E-state index contributed by atoms with van der Waals surface area (Å²) in [5, 5.41) is 2.71. The number of likely N-dealkylation sites (tertiary alicyclic amines) is 1. The lowest BCUT2D eigenvalue weighted by atomic mass is 9.91. The van der Waals surface area contributed by atoms with Crippen molar-refractivity contribution in [3.63, 3.8) is 0 Å². The van der Waals surface area contributed by atoms with Crippen molar-refractivity contribution in [2.24, 2.45) is 11.3 Å². The van der Waals surface area contributed by atoms with Gasteiger partial charge in [0.1, 0.15) is 11.5 Å². The first kappa shape index (κ1) is 24.3. The third-order valence-corrected chi connectivity index (χ3v) is 5.50. The molecule has 0 aliphatic carbocycles. The van der Waals surface area contributed by atoms with E-state index in [9.17, 15) is 14.4 Å². The van der Waals surface area contributed by atoms with Crippen LogP contribution in [0.2, 0.25) is 0 Å². The van der Waals surface area contributed by atoms with E-state index in [4.69, 9.17) is 9.47 Å². The van der Waals surface area contributed by atoms with Crippen molar-refractivity contribution in [2.75, 3.05) is 25.0 Å². The second kappa shape index (κ2) is 10.5. The van der Waals surface area contributed by atoms with Gasteiger partial charge in [-0.2, -0.15) is 0 Å². The van der Waals surface area contributed by atoms with E-state index in [1.807, 2.05) is 52.0 Å². The number of hydrogen-bond acceptors (Lipinski definition) is 5. The van der Waals surface area contributed by atoms with Crippen LogP contribution in [0.4, 0.5) is 5.69 Å². The summed E-state index contributed by atoms with van der Waals surface area (Å²) in [5.41, 5.74) is 1.31. The molecular weight excluding hydrogens is 420 g/mol.